The molecule has 0 bridgehead atoms. The van der Waals surface area contributed by atoms with Crippen LogP contribution in [0.3, 0.4) is 0 Å². The quantitative estimate of drug-likeness (QED) is 0.607. The minimum Gasteiger partial charge on any atom is -0.354 e. The highest BCUT2D eigenvalue weighted by molar-refractivity contribution is 5.76. The number of aromatic nitrogens is 2. The first-order chi connectivity index (χ1) is 14.9. The van der Waals surface area contributed by atoms with E-state index in [4.69, 9.17) is 5.10 Å². The molecule has 1 aromatic heterocycles. The highest BCUT2D eigenvalue weighted by Gasteiger charge is 2.27. The van der Waals surface area contributed by atoms with Crippen LogP contribution >= 0.6 is 0 Å². The molecule has 0 aliphatic carbocycles. The Balaban J connectivity index is 2.00. The number of benzene rings is 1. The van der Waals surface area contributed by atoms with Gasteiger partial charge < -0.3 is 14.7 Å². The lowest BCUT2D eigenvalue weighted by atomic mass is 10.1. The number of aryl methyl sites for hydroxylation is 1. The Kier molecular flexibility index (Phi) is 8.13. The number of hydrogen-bond acceptors (Lipinski definition) is 4. The molecule has 1 aromatic carbocycles. The highest BCUT2D eigenvalue weighted by Crippen LogP contribution is 2.30. The van der Waals surface area contributed by atoms with Gasteiger partial charge in [0.05, 0.1) is 17.9 Å². The van der Waals surface area contributed by atoms with Gasteiger partial charge in [0.1, 0.15) is 5.82 Å². The number of likely N-dealkylation sites (N-methyl/N-ethyl adjacent to an activating group) is 1. The van der Waals surface area contributed by atoms with Gasteiger partial charge in [-0.2, -0.15) is 5.10 Å². The first-order valence-electron chi connectivity index (χ1n) is 11.8. The molecule has 1 amide bonds. The summed E-state index contributed by atoms with van der Waals surface area (Å²) >= 11 is 0. The molecule has 31 heavy (non-hydrogen) atoms. The van der Waals surface area contributed by atoms with Crippen molar-refractivity contribution in [1.29, 1.82) is 0 Å². The van der Waals surface area contributed by atoms with E-state index in [9.17, 15) is 4.79 Å². The zero-order chi connectivity index (χ0) is 22.4. The van der Waals surface area contributed by atoms with E-state index >= 15 is 0 Å². The fraction of sp³-hybridized carbons (Fsp3) is 0.600. The smallest absolute Gasteiger partial charge is 0.222 e. The number of carbonyl (C=O) groups is 1. The lowest BCUT2D eigenvalue weighted by Crippen LogP contribution is -2.47. The van der Waals surface area contributed by atoms with Gasteiger partial charge in [-0.15, -0.1) is 0 Å². The summed E-state index contributed by atoms with van der Waals surface area (Å²) in [6.45, 7) is 17.3. The average molecular weight is 426 g/mol. The van der Waals surface area contributed by atoms with Crippen molar-refractivity contribution in [3.05, 3.63) is 41.6 Å². The van der Waals surface area contributed by atoms with Crippen LogP contribution in [0.5, 0.6) is 0 Å². The van der Waals surface area contributed by atoms with E-state index in [1.54, 1.807) is 0 Å². The first kappa shape index (κ1) is 23.3. The number of carbonyl (C=O) groups excluding carboxylic acids is 1. The Morgan fingerprint density at radius 3 is 2.35 bits per heavy atom. The topological polar surface area (TPSA) is 44.6 Å². The Bertz CT molecular complexity index is 837. The van der Waals surface area contributed by atoms with Crippen LogP contribution in [0.15, 0.2) is 30.3 Å². The van der Waals surface area contributed by atoms with E-state index in [0.29, 0.717) is 18.9 Å². The van der Waals surface area contributed by atoms with Crippen molar-refractivity contribution in [2.24, 2.45) is 5.92 Å². The van der Waals surface area contributed by atoms with Crippen LogP contribution in [0.2, 0.25) is 0 Å². The molecular weight excluding hydrogens is 386 g/mol. The maximum Gasteiger partial charge on any atom is 0.222 e. The molecule has 3 rings (SSSR count). The zero-order valence-corrected chi connectivity index (χ0v) is 20.0. The molecule has 1 aliphatic heterocycles. The number of hydrogen-bond donors (Lipinski definition) is 0. The normalized spacial score (nSPS) is 15.0. The number of nitrogens with zero attached hydrogens (tertiary/aromatic N) is 5. The summed E-state index contributed by atoms with van der Waals surface area (Å²) in [5, 5.41) is 4.96. The number of piperazine rings is 1. The van der Waals surface area contributed by atoms with E-state index in [2.05, 4.69) is 73.4 Å². The van der Waals surface area contributed by atoms with Crippen molar-refractivity contribution >= 4 is 11.7 Å². The molecule has 6 heteroatoms. The Labute approximate surface area is 187 Å². The predicted molar refractivity (Wildman–Crippen MR) is 128 cm³/mol. The summed E-state index contributed by atoms with van der Waals surface area (Å²) in [4.78, 5) is 19.9. The molecule has 2 aromatic rings. The monoisotopic (exact) mass is 425 g/mol. The summed E-state index contributed by atoms with van der Waals surface area (Å²) in [7, 11) is 0. The lowest BCUT2D eigenvalue weighted by Gasteiger charge is -2.36. The summed E-state index contributed by atoms with van der Waals surface area (Å²) in [6, 6.07) is 10.4. The Morgan fingerprint density at radius 2 is 1.77 bits per heavy atom. The van der Waals surface area contributed by atoms with Crippen molar-refractivity contribution in [3.8, 4) is 5.69 Å². The molecule has 0 atom stereocenters. The standard InChI is InChI=1S/C25H39N5O/c1-6-11-24(31)29(18-20(3)4)19-23-21(5)26-30(22-12-9-8-10-13-22)25(23)28-16-14-27(7-2)15-17-28/h8-10,12-13,20H,6-7,11,14-19H2,1-5H3. The number of anilines is 1. The van der Waals surface area contributed by atoms with Gasteiger partial charge in [-0.05, 0) is 37.9 Å². The minimum atomic E-state index is 0.241. The van der Waals surface area contributed by atoms with Crippen molar-refractivity contribution in [3.63, 3.8) is 0 Å². The molecule has 0 spiro atoms. The van der Waals surface area contributed by atoms with Crippen LogP contribution in [0.25, 0.3) is 5.69 Å². The van der Waals surface area contributed by atoms with E-state index in [1.165, 1.54) is 5.56 Å². The summed E-state index contributed by atoms with van der Waals surface area (Å²) in [5.74, 6) is 1.82. The minimum absolute atomic E-state index is 0.241. The number of rotatable bonds is 9. The summed E-state index contributed by atoms with van der Waals surface area (Å²) in [5.41, 5.74) is 3.26. The van der Waals surface area contributed by atoms with E-state index in [-0.39, 0.29) is 5.91 Å². The second-order valence-electron chi connectivity index (χ2n) is 8.97. The third-order valence-electron chi connectivity index (χ3n) is 6.03. The second-order valence-corrected chi connectivity index (χ2v) is 8.97. The van der Waals surface area contributed by atoms with Crippen LogP contribution in [0.1, 0.15) is 51.8 Å². The van der Waals surface area contributed by atoms with E-state index in [1.807, 2.05) is 11.0 Å². The maximum absolute atomic E-state index is 12.9. The highest BCUT2D eigenvalue weighted by atomic mass is 16.2. The Morgan fingerprint density at radius 1 is 1.10 bits per heavy atom. The molecule has 0 unspecified atom stereocenters. The van der Waals surface area contributed by atoms with Gasteiger partial charge in [-0.1, -0.05) is 45.9 Å². The molecule has 1 saturated heterocycles. The summed E-state index contributed by atoms with van der Waals surface area (Å²) < 4.78 is 2.09. The lowest BCUT2D eigenvalue weighted by molar-refractivity contribution is -0.132. The first-order valence-corrected chi connectivity index (χ1v) is 11.8. The summed E-state index contributed by atoms with van der Waals surface area (Å²) in [6.07, 6.45) is 1.48. The second kappa shape index (κ2) is 10.8. The van der Waals surface area contributed by atoms with Gasteiger partial charge >= 0.3 is 0 Å². The van der Waals surface area contributed by atoms with Gasteiger partial charge in [-0.3, -0.25) is 4.79 Å². The predicted octanol–water partition coefficient (Wildman–Crippen LogP) is 4.11. The molecule has 0 radical (unpaired) electrons. The van der Waals surface area contributed by atoms with Crippen molar-refractivity contribution in [2.45, 2.75) is 54.0 Å². The van der Waals surface area contributed by atoms with Crippen molar-refractivity contribution < 1.29 is 4.79 Å². The van der Waals surface area contributed by atoms with Gasteiger partial charge in [-0.25, -0.2) is 4.68 Å². The molecule has 1 aliphatic rings. The van der Waals surface area contributed by atoms with E-state index in [0.717, 1.165) is 62.9 Å². The zero-order valence-electron chi connectivity index (χ0n) is 20.0. The van der Waals surface area contributed by atoms with E-state index < -0.39 is 0 Å². The van der Waals surface area contributed by atoms with Crippen molar-refractivity contribution in [2.75, 3.05) is 44.2 Å². The fourth-order valence-electron chi connectivity index (χ4n) is 4.34. The van der Waals surface area contributed by atoms with Gasteiger partial charge in [0.2, 0.25) is 5.91 Å². The number of para-hydroxylation sites is 1. The molecule has 2 heterocycles. The van der Waals surface area contributed by atoms with Crippen LogP contribution in [-0.4, -0.2) is 64.8 Å². The molecule has 0 N–H and O–H groups in total. The van der Waals surface area contributed by atoms with Gasteiger partial charge in [0.15, 0.2) is 0 Å². The maximum atomic E-state index is 12.9. The Hall–Kier alpha value is -2.34. The molecule has 0 saturated carbocycles. The molecular formula is C25H39N5O. The van der Waals surface area contributed by atoms with Crippen LogP contribution < -0.4 is 4.90 Å². The molecule has 1 fully saturated rings. The third-order valence-corrected chi connectivity index (χ3v) is 6.03. The number of amides is 1. The fourth-order valence-corrected chi connectivity index (χ4v) is 4.34. The van der Waals surface area contributed by atoms with Crippen LogP contribution in [0.4, 0.5) is 5.82 Å². The van der Waals surface area contributed by atoms with Gasteiger partial charge in [0.25, 0.3) is 0 Å². The largest absolute Gasteiger partial charge is 0.354 e. The van der Waals surface area contributed by atoms with Gasteiger partial charge in [0, 0.05) is 44.7 Å². The SMILES string of the molecule is CCCC(=O)N(Cc1c(C)nn(-c2ccccc2)c1N1CCN(CC)CC1)CC(C)C. The van der Waals surface area contributed by atoms with Crippen LogP contribution in [0, 0.1) is 12.8 Å². The van der Waals surface area contributed by atoms with Crippen LogP contribution in [-0.2, 0) is 11.3 Å². The molecule has 170 valence electrons. The van der Waals surface area contributed by atoms with Crippen molar-refractivity contribution in [1.82, 2.24) is 19.6 Å². The third kappa shape index (κ3) is 5.67. The molecule has 6 nitrogen and oxygen atoms in total. The average Bonchev–Trinajstić information content (AvgIpc) is 3.10.